The summed E-state index contributed by atoms with van der Waals surface area (Å²) in [5, 5.41) is 6.60. The number of anilines is 1. The van der Waals surface area contributed by atoms with Crippen LogP contribution in [-0.2, 0) is 21.4 Å². The smallest absolute Gasteiger partial charge is 0.266 e. The van der Waals surface area contributed by atoms with Gasteiger partial charge >= 0.3 is 0 Å². The molecule has 6 nitrogen and oxygen atoms in total. The number of carbonyl (C=O) groups is 1. The molecular weight excluding hydrogens is 378 g/mol. The van der Waals surface area contributed by atoms with Gasteiger partial charge in [-0.1, -0.05) is 24.3 Å². The van der Waals surface area contributed by atoms with E-state index in [0.29, 0.717) is 6.54 Å². The standard InChI is InChI=1S/C16H15N3O3S3/c20-15(18-11-13-5-4-9-23-13)12-19(16-17-8-10-24-16)25(21,22)14-6-2-1-3-7-14/h1-10H,11-12H2,(H,18,20). The summed E-state index contributed by atoms with van der Waals surface area (Å²) in [6.07, 6.45) is 1.51. The Balaban J connectivity index is 1.80. The molecule has 3 aromatic rings. The zero-order chi connectivity index (χ0) is 17.7. The van der Waals surface area contributed by atoms with E-state index < -0.39 is 10.0 Å². The molecule has 0 bridgehead atoms. The zero-order valence-corrected chi connectivity index (χ0v) is 15.5. The maximum atomic E-state index is 12.9. The molecule has 0 radical (unpaired) electrons. The Bertz CT molecular complexity index is 908. The highest BCUT2D eigenvalue weighted by atomic mass is 32.2. The van der Waals surface area contributed by atoms with Crippen molar-refractivity contribution in [2.75, 3.05) is 10.8 Å². The number of hydrogen-bond acceptors (Lipinski definition) is 6. The number of aromatic nitrogens is 1. The van der Waals surface area contributed by atoms with Gasteiger partial charge < -0.3 is 5.32 Å². The van der Waals surface area contributed by atoms with Gasteiger partial charge in [0.1, 0.15) is 6.54 Å². The van der Waals surface area contributed by atoms with Crippen LogP contribution in [0, 0.1) is 0 Å². The summed E-state index contributed by atoms with van der Waals surface area (Å²) in [6, 6.07) is 11.8. The number of carbonyl (C=O) groups excluding carboxylic acids is 1. The summed E-state index contributed by atoms with van der Waals surface area (Å²) < 4.78 is 26.9. The van der Waals surface area contributed by atoms with Gasteiger partial charge in [0.15, 0.2) is 5.13 Å². The molecule has 0 unspecified atom stereocenters. The Morgan fingerprint density at radius 2 is 1.88 bits per heavy atom. The van der Waals surface area contributed by atoms with Crippen LogP contribution in [0.25, 0.3) is 0 Å². The summed E-state index contributed by atoms with van der Waals surface area (Å²) in [4.78, 5) is 17.5. The molecule has 3 rings (SSSR count). The lowest BCUT2D eigenvalue weighted by Crippen LogP contribution is -2.40. The van der Waals surface area contributed by atoms with Crippen molar-refractivity contribution in [1.29, 1.82) is 0 Å². The number of nitrogens with zero attached hydrogens (tertiary/aromatic N) is 2. The van der Waals surface area contributed by atoms with Crippen LogP contribution in [-0.4, -0.2) is 25.9 Å². The molecule has 2 aromatic heterocycles. The third-order valence-corrected chi connectivity index (χ3v) is 6.83. The molecular formula is C16H15N3O3S3. The van der Waals surface area contributed by atoms with Crippen molar-refractivity contribution in [3.8, 4) is 0 Å². The van der Waals surface area contributed by atoms with Crippen LogP contribution in [0.1, 0.15) is 4.88 Å². The maximum absolute atomic E-state index is 12.9. The number of rotatable bonds is 7. The topological polar surface area (TPSA) is 79.4 Å². The lowest BCUT2D eigenvalue weighted by molar-refractivity contribution is -0.119. The number of thiophene rings is 1. The van der Waals surface area contributed by atoms with Crippen molar-refractivity contribution >= 4 is 43.7 Å². The second-order valence-corrected chi connectivity index (χ2v) is 8.76. The van der Waals surface area contributed by atoms with E-state index in [1.807, 2.05) is 17.5 Å². The van der Waals surface area contributed by atoms with Crippen molar-refractivity contribution in [2.45, 2.75) is 11.4 Å². The minimum Gasteiger partial charge on any atom is -0.350 e. The van der Waals surface area contributed by atoms with E-state index in [9.17, 15) is 13.2 Å². The van der Waals surface area contributed by atoms with Gasteiger partial charge in [0.25, 0.3) is 10.0 Å². The summed E-state index contributed by atoms with van der Waals surface area (Å²) in [7, 11) is -3.87. The van der Waals surface area contributed by atoms with Crippen LogP contribution >= 0.6 is 22.7 Å². The van der Waals surface area contributed by atoms with Crippen LogP contribution < -0.4 is 9.62 Å². The molecule has 0 saturated carbocycles. The molecule has 0 aliphatic carbocycles. The summed E-state index contributed by atoms with van der Waals surface area (Å²) in [5.41, 5.74) is 0. The fraction of sp³-hybridized carbons (Fsp3) is 0.125. The molecule has 130 valence electrons. The number of amides is 1. The molecule has 9 heteroatoms. The Kier molecular flexibility index (Phi) is 5.47. The number of hydrogen-bond donors (Lipinski definition) is 1. The van der Waals surface area contributed by atoms with E-state index in [1.54, 1.807) is 23.6 Å². The Morgan fingerprint density at radius 3 is 2.52 bits per heavy atom. The fourth-order valence-electron chi connectivity index (χ4n) is 2.10. The van der Waals surface area contributed by atoms with Crippen molar-refractivity contribution in [3.63, 3.8) is 0 Å². The largest absolute Gasteiger partial charge is 0.350 e. The van der Waals surface area contributed by atoms with E-state index in [1.165, 1.54) is 41.0 Å². The highest BCUT2D eigenvalue weighted by molar-refractivity contribution is 7.93. The van der Waals surface area contributed by atoms with Crippen molar-refractivity contribution < 1.29 is 13.2 Å². The van der Waals surface area contributed by atoms with Crippen LogP contribution in [0.5, 0.6) is 0 Å². The molecule has 0 atom stereocenters. The minimum atomic E-state index is -3.87. The molecule has 2 heterocycles. The zero-order valence-electron chi connectivity index (χ0n) is 13.0. The highest BCUT2D eigenvalue weighted by Crippen LogP contribution is 2.25. The van der Waals surface area contributed by atoms with Crippen LogP contribution in [0.3, 0.4) is 0 Å². The van der Waals surface area contributed by atoms with Gasteiger partial charge in [0.2, 0.25) is 5.91 Å². The number of sulfonamides is 1. The Hall–Kier alpha value is -2.23. The van der Waals surface area contributed by atoms with Gasteiger partial charge in [0, 0.05) is 16.5 Å². The highest BCUT2D eigenvalue weighted by Gasteiger charge is 2.28. The molecule has 1 aromatic carbocycles. The van der Waals surface area contributed by atoms with E-state index in [2.05, 4.69) is 10.3 Å². The SMILES string of the molecule is O=C(CN(c1nccs1)S(=O)(=O)c1ccccc1)NCc1cccs1. The molecule has 0 fully saturated rings. The monoisotopic (exact) mass is 393 g/mol. The average Bonchev–Trinajstić information content (AvgIpc) is 3.32. The first-order valence-electron chi connectivity index (χ1n) is 7.34. The predicted molar refractivity (Wildman–Crippen MR) is 99.3 cm³/mol. The molecule has 0 aliphatic rings. The van der Waals surface area contributed by atoms with Crippen LogP contribution in [0.4, 0.5) is 5.13 Å². The van der Waals surface area contributed by atoms with Gasteiger partial charge in [-0.25, -0.2) is 17.7 Å². The minimum absolute atomic E-state index is 0.122. The third-order valence-electron chi connectivity index (χ3n) is 3.29. The fourth-order valence-corrected chi connectivity index (χ4v) is 5.01. The molecule has 0 aliphatic heterocycles. The van der Waals surface area contributed by atoms with Gasteiger partial charge in [-0.05, 0) is 23.6 Å². The quantitative estimate of drug-likeness (QED) is 0.669. The van der Waals surface area contributed by atoms with Gasteiger partial charge in [-0.3, -0.25) is 4.79 Å². The summed E-state index contributed by atoms with van der Waals surface area (Å²) in [6.45, 7) is 0.0453. The molecule has 0 spiro atoms. The first kappa shape index (κ1) is 17.6. The number of nitrogens with one attached hydrogen (secondary N) is 1. The summed E-state index contributed by atoms with van der Waals surface area (Å²) in [5.74, 6) is -0.386. The Labute approximate surface area is 153 Å². The van der Waals surface area contributed by atoms with Gasteiger partial charge in [-0.15, -0.1) is 22.7 Å². The van der Waals surface area contributed by atoms with E-state index in [0.717, 1.165) is 9.18 Å². The predicted octanol–water partition coefficient (Wildman–Crippen LogP) is 2.72. The van der Waals surface area contributed by atoms with Gasteiger partial charge in [0.05, 0.1) is 11.4 Å². The Morgan fingerprint density at radius 1 is 1.08 bits per heavy atom. The second kappa shape index (κ2) is 7.77. The van der Waals surface area contributed by atoms with Crippen molar-refractivity contribution in [3.05, 3.63) is 64.3 Å². The van der Waals surface area contributed by atoms with Crippen molar-refractivity contribution in [2.24, 2.45) is 0 Å². The normalized spacial score (nSPS) is 11.2. The third kappa shape index (κ3) is 4.25. The average molecular weight is 394 g/mol. The molecule has 1 N–H and O–H groups in total. The number of benzene rings is 1. The molecule has 1 amide bonds. The second-order valence-electron chi connectivity index (χ2n) is 5.00. The summed E-state index contributed by atoms with van der Waals surface area (Å²) >= 11 is 2.70. The van der Waals surface area contributed by atoms with Crippen LogP contribution in [0.15, 0.2) is 64.3 Å². The van der Waals surface area contributed by atoms with Crippen molar-refractivity contribution in [1.82, 2.24) is 10.3 Å². The lowest BCUT2D eigenvalue weighted by atomic mass is 10.4. The van der Waals surface area contributed by atoms with Crippen LogP contribution in [0.2, 0.25) is 0 Å². The molecule has 0 saturated heterocycles. The molecule has 25 heavy (non-hydrogen) atoms. The van der Waals surface area contributed by atoms with E-state index >= 15 is 0 Å². The maximum Gasteiger partial charge on any atom is 0.266 e. The van der Waals surface area contributed by atoms with E-state index in [-0.39, 0.29) is 22.5 Å². The first-order chi connectivity index (χ1) is 12.1. The first-order valence-corrected chi connectivity index (χ1v) is 10.5. The van der Waals surface area contributed by atoms with E-state index in [4.69, 9.17) is 0 Å². The lowest BCUT2D eigenvalue weighted by Gasteiger charge is -2.21. The van der Waals surface area contributed by atoms with Gasteiger partial charge in [-0.2, -0.15) is 0 Å². The number of thiazole rings is 1.